The smallest absolute Gasteiger partial charge is 0.392 e. The molecule has 118 valence electrons. The third-order valence-corrected chi connectivity index (χ3v) is 3.62. The van der Waals surface area contributed by atoms with Crippen LogP contribution in [0.2, 0.25) is 5.02 Å². The number of halogens is 2. The lowest BCUT2D eigenvalue weighted by Crippen LogP contribution is -2.00. The predicted molar refractivity (Wildman–Crippen MR) is 85.8 cm³/mol. The van der Waals surface area contributed by atoms with Gasteiger partial charge in [0.2, 0.25) is 5.89 Å². The monoisotopic (exact) mass is 333 g/mol. The highest BCUT2D eigenvalue weighted by Crippen LogP contribution is 2.30. The van der Waals surface area contributed by atoms with Gasteiger partial charge in [0.25, 0.3) is 0 Å². The van der Waals surface area contributed by atoms with Gasteiger partial charge in [-0.25, -0.2) is 14.3 Å². The largest absolute Gasteiger partial charge is 0.434 e. The molecule has 3 aromatic rings. The van der Waals surface area contributed by atoms with E-state index < -0.39 is 11.6 Å². The summed E-state index contributed by atoms with van der Waals surface area (Å²) in [5, 5.41) is 9.29. The zero-order chi connectivity index (χ0) is 16.4. The minimum atomic E-state index is -0.612. The molecule has 0 aliphatic rings. The molecule has 2 aromatic carbocycles. The lowest BCUT2D eigenvalue weighted by molar-refractivity contribution is 0.471. The van der Waals surface area contributed by atoms with Crippen LogP contribution in [0.3, 0.4) is 0 Å². The Morgan fingerprint density at radius 2 is 2.17 bits per heavy atom. The summed E-state index contributed by atoms with van der Waals surface area (Å²) in [6, 6.07) is 10.1. The van der Waals surface area contributed by atoms with Crippen LogP contribution in [0, 0.1) is 12.7 Å². The molecule has 2 N–H and O–H groups in total. The normalized spacial score (nSPS) is 10.7. The van der Waals surface area contributed by atoms with Gasteiger partial charge >= 0.3 is 5.76 Å². The standard InChI is InChI=1S/C16H13ClFN3O2/c1-9-5-6-13(19-15-11(17)3-2-4-12(15)18)10(7-9)8-14-20-21-16(22)23-14/h2-7,19H,8H2,1H3,(H,21,22). The molecule has 1 heterocycles. The van der Waals surface area contributed by atoms with Crippen molar-refractivity contribution < 1.29 is 8.81 Å². The third kappa shape index (κ3) is 3.43. The number of benzene rings is 2. The van der Waals surface area contributed by atoms with Crippen LogP contribution in [0.5, 0.6) is 0 Å². The fraction of sp³-hybridized carbons (Fsp3) is 0.125. The first-order chi connectivity index (χ1) is 11.0. The molecule has 0 saturated heterocycles. The van der Waals surface area contributed by atoms with E-state index in [9.17, 15) is 9.18 Å². The molecule has 0 radical (unpaired) electrons. The van der Waals surface area contributed by atoms with E-state index >= 15 is 0 Å². The van der Waals surface area contributed by atoms with Crippen molar-refractivity contribution in [2.45, 2.75) is 13.3 Å². The number of para-hydroxylation sites is 1. The van der Waals surface area contributed by atoms with E-state index in [-0.39, 0.29) is 23.0 Å². The molecule has 0 fully saturated rings. The van der Waals surface area contributed by atoms with Crippen molar-refractivity contribution in [3.05, 3.63) is 74.8 Å². The molecule has 0 atom stereocenters. The highest BCUT2D eigenvalue weighted by Gasteiger charge is 2.12. The molecule has 7 heteroatoms. The summed E-state index contributed by atoms with van der Waals surface area (Å²) in [5.41, 5.74) is 2.68. The van der Waals surface area contributed by atoms with Crippen molar-refractivity contribution in [3.63, 3.8) is 0 Å². The van der Waals surface area contributed by atoms with Crippen LogP contribution in [-0.4, -0.2) is 10.2 Å². The van der Waals surface area contributed by atoms with Gasteiger partial charge in [0, 0.05) is 5.69 Å². The Bertz CT molecular complexity index is 884. The second-order valence-corrected chi connectivity index (χ2v) is 5.47. The van der Waals surface area contributed by atoms with Gasteiger partial charge in [-0.15, -0.1) is 5.10 Å². The minimum absolute atomic E-state index is 0.197. The van der Waals surface area contributed by atoms with Gasteiger partial charge in [-0.2, -0.15) is 0 Å². The molecule has 0 bridgehead atoms. The topological polar surface area (TPSA) is 70.9 Å². The second kappa shape index (κ2) is 6.26. The summed E-state index contributed by atoms with van der Waals surface area (Å²) >= 11 is 6.05. The van der Waals surface area contributed by atoms with Crippen LogP contribution in [0.15, 0.2) is 45.6 Å². The summed E-state index contributed by atoms with van der Waals surface area (Å²) in [6.45, 7) is 1.93. The van der Waals surface area contributed by atoms with Crippen molar-refractivity contribution in [2.75, 3.05) is 5.32 Å². The molecule has 3 rings (SSSR count). The van der Waals surface area contributed by atoms with Crippen LogP contribution < -0.4 is 11.1 Å². The van der Waals surface area contributed by atoms with Crippen LogP contribution in [-0.2, 0) is 6.42 Å². The number of H-pyrrole nitrogens is 1. The first-order valence-corrected chi connectivity index (χ1v) is 7.25. The minimum Gasteiger partial charge on any atom is -0.392 e. The fourth-order valence-corrected chi connectivity index (χ4v) is 2.45. The molecule has 0 amide bonds. The van der Waals surface area contributed by atoms with Gasteiger partial charge in [0.1, 0.15) is 5.82 Å². The average Bonchev–Trinajstić information content (AvgIpc) is 2.90. The van der Waals surface area contributed by atoms with Crippen molar-refractivity contribution >= 4 is 23.0 Å². The second-order valence-electron chi connectivity index (χ2n) is 5.07. The van der Waals surface area contributed by atoms with E-state index in [0.29, 0.717) is 5.69 Å². The van der Waals surface area contributed by atoms with Crippen LogP contribution in [0.1, 0.15) is 17.0 Å². The highest BCUT2D eigenvalue weighted by atomic mass is 35.5. The maximum Gasteiger partial charge on any atom is 0.434 e. The van der Waals surface area contributed by atoms with Gasteiger partial charge in [-0.1, -0.05) is 35.4 Å². The zero-order valence-electron chi connectivity index (χ0n) is 12.2. The molecule has 1 aromatic heterocycles. The fourth-order valence-electron chi connectivity index (χ4n) is 2.24. The van der Waals surface area contributed by atoms with Gasteiger partial charge in [0.05, 0.1) is 17.1 Å². The van der Waals surface area contributed by atoms with Gasteiger partial charge < -0.3 is 9.73 Å². The van der Waals surface area contributed by atoms with Crippen LogP contribution in [0.4, 0.5) is 15.8 Å². The predicted octanol–water partition coefficient (Wildman–Crippen LogP) is 3.80. The Kier molecular flexibility index (Phi) is 4.16. The number of anilines is 2. The van der Waals surface area contributed by atoms with Gasteiger partial charge in [-0.05, 0) is 30.7 Å². The van der Waals surface area contributed by atoms with Gasteiger partial charge in [0.15, 0.2) is 0 Å². The lowest BCUT2D eigenvalue weighted by Gasteiger charge is -2.14. The number of rotatable bonds is 4. The molecule has 0 aliphatic carbocycles. The maximum absolute atomic E-state index is 14.0. The Morgan fingerprint density at radius 1 is 1.35 bits per heavy atom. The van der Waals surface area contributed by atoms with Crippen molar-refractivity contribution in [2.24, 2.45) is 0 Å². The number of aromatic nitrogens is 2. The Balaban J connectivity index is 1.97. The summed E-state index contributed by atoms with van der Waals surface area (Å²) in [7, 11) is 0. The maximum atomic E-state index is 14.0. The van der Waals surface area contributed by atoms with E-state index in [1.807, 2.05) is 25.1 Å². The average molecular weight is 334 g/mol. The van der Waals surface area contributed by atoms with Crippen molar-refractivity contribution in [1.82, 2.24) is 10.2 Å². The van der Waals surface area contributed by atoms with E-state index in [0.717, 1.165) is 11.1 Å². The summed E-state index contributed by atoms with van der Waals surface area (Å²) in [6.07, 6.45) is 0.287. The summed E-state index contributed by atoms with van der Waals surface area (Å²) < 4.78 is 18.9. The summed E-state index contributed by atoms with van der Waals surface area (Å²) in [4.78, 5) is 11.0. The number of aryl methyl sites for hydroxylation is 1. The number of nitrogens with zero attached hydrogens (tertiary/aromatic N) is 1. The summed E-state index contributed by atoms with van der Waals surface area (Å²) in [5.74, 6) is -0.807. The highest BCUT2D eigenvalue weighted by molar-refractivity contribution is 6.33. The molecule has 5 nitrogen and oxygen atoms in total. The molecule has 0 unspecified atom stereocenters. The van der Waals surface area contributed by atoms with E-state index in [1.165, 1.54) is 12.1 Å². The number of hydrogen-bond donors (Lipinski definition) is 2. The van der Waals surface area contributed by atoms with Crippen LogP contribution in [0.25, 0.3) is 0 Å². The molecular formula is C16H13ClFN3O2. The van der Waals surface area contributed by atoms with E-state index in [1.54, 1.807) is 6.07 Å². The van der Waals surface area contributed by atoms with E-state index in [4.69, 9.17) is 16.0 Å². The molecule has 0 saturated carbocycles. The van der Waals surface area contributed by atoms with Crippen molar-refractivity contribution in [1.29, 1.82) is 0 Å². The molecular weight excluding hydrogens is 321 g/mol. The molecule has 0 aliphatic heterocycles. The Labute approximate surface area is 136 Å². The Hall–Kier alpha value is -2.60. The molecule has 23 heavy (non-hydrogen) atoms. The van der Waals surface area contributed by atoms with Gasteiger partial charge in [-0.3, -0.25) is 0 Å². The number of hydrogen-bond acceptors (Lipinski definition) is 4. The van der Waals surface area contributed by atoms with E-state index in [2.05, 4.69) is 15.5 Å². The quantitative estimate of drug-likeness (QED) is 0.762. The van der Waals surface area contributed by atoms with Crippen molar-refractivity contribution in [3.8, 4) is 0 Å². The molecule has 0 spiro atoms. The number of aromatic amines is 1. The van der Waals surface area contributed by atoms with Crippen LogP contribution >= 0.6 is 11.6 Å². The first kappa shape index (κ1) is 15.3. The third-order valence-electron chi connectivity index (χ3n) is 3.31. The lowest BCUT2D eigenvalue weighted by atomic mass is 10.1. The number of nitrogens with one attached hydrogen (secondary N) is 2. The SMILES string of the molecule is Cc1ccc(Nc2c(F)cccc2Cl)c(Cc2n[nH]c(=O)o2)c1. The zero-order valence-corrected chi connectivity index (χ0v) is 12.9. The first-order valence-electron chi connectivity index (χ1n) is 6.88. The Morgan fingerprint density at radius 3 is 2.87 bits per heavy atom.